The van der Waals surface area contributed by atoms with E-state index in [1.807, 2.05) is 6.92 Å². The summed E-state index contributed by atoms with van der Waals surface area (Å²) in [5, 5.41) is 3.24. The molecule has 0 amide bonds. The summed E-state index contributed by atoms with van der Waals surface area (Å²) >= 11 is 0. The summed E-state index contributed by atoms with van der Waals surface area (Å²) in [4.78, 5) is 11.3. The van der Waals surface area contributed by atoms with E-state index < -0.39 is 0 Å². The lowest BCUT2D eigenvalue weighted by Gasteiger charge is -2.11. The molecular formula is C9H17NO2. The van der Waals surface area contributed by atoms with Crippen LogP contribution in [-0.2, 0) is 9.53 Å². The van der Waals surface area contributed by atoms with Crippen LogP contribution in [0.2, 0.25) is 0 Å². The lowest BCUT2D eigenvalue weighted by atomic mass is 10.0. The molecule has 1 aliphatic rings. The zero-order chi connectivity index (χ0) is 8.81. The molecule has 12 heavy (non-hydrogen) atoms. The number of carbonyl (C=O) groups is 1. The first kappa shape index (κ1) is 9.52. The van der Waals surface area contributed by atoms with Crippen LogP contribution in [0, 0.1) is 5.92 Å². The molecule has 3 nitrogen and oxygen atoms in total. The molecule has 1 heterocycles. The van der Waals surface area contributed by atoms with Gasteiger partial charge in [-0.3, -0.25) is 4.79 Å². The van der Waals surface area contributed by atoms with Crippen molar-refractivity contribution in [3.05, 3.63) is 0 Å². The first-order chi connectivity index (χ1) is 5.84. The van der Waals surface area contributed by atoms with Gasteiger partial charge >= 0.3 is 5.97 Å². The fourth-order valence-corrected chi connectivity index (χ4v) is 1.48. The Balaban J connectivity index is 2.32. The van der Waals surface area contributed by atoms with E-state index in [-0.39, 0.29) is 11.9 Å². The normalized spacial score (nSPS) is 24.6. The first-order valence-electron chi connectivity index (χ1n) is 4.72. The van der Waals surface area contributed by atoms with Crippen LogP contribution in [0.4, 0.5) is 0 Å². The summed E-state index contributed by atoms with van der Waals surface area (Å²) in [6.45, 7) is 4.17. The predicted octanol–water partition coefficient (Wildman–Crippen LogP) is 0.939. The van der Waals surface area contributed by atoms with Crippen LogP contribution in [0.15, 0.2) is 0 Å². The maximum atomic E-state index is 11.3. The van der Waals surface area contributed by atoms with Crippen LogP contribution in [0.5, 0.6) is 0 Å². The molecule has 70 valence electrons. The van der Waals surface area contributed by atoms with Gasteiger partial charge in [0.05, 0.1) is 12.5 Å². The van der Waals surface area contributed by atoms with E-state index in [0.29, 0.717) is 6.61 Å². The number of carbonyl (C=O) groups excluding carboxylic acids is 1. The van der Waals surface area contributed by atoms with Crippen LogP contribution < -0.4 is 5.32 Å². The van der Waals surface area contributed by atoms with E-state index in [9.17, 15) is 4.79 Å². The SMILES string of the molecule is CCOC(=O)[C@@H]1CCCCNC1. The Hall–Kier alpha value is -0.570. The lowest BCUT2D eigenvalue weighted by Crippen LogP contribution is -2.28. The standard InChI is InChI=1S/C9H17NO2/c1-2-12-9(11)8-5-3-4-6-10-7-8/h8,10H,2-7H2,1H3/t8-/m1/s1. The van der Waals surface area contributed by atoms with E-state index >= 15 is 0 Å². The minimum Gasteiger partial charge on any atom is -0.466 e. The van der Waals surface area contributed by atoms with Crippen molar-refractivity contribution in [2.24, 2.45) is 5.92 Å². The van der Waals surface area contributed by atoms with Gasteiger partial charge in [0, 0.05) is 6.54 Å². The van der Waals surface area contributed by atoms with Gasteiger partial charge in [-0.1, -0.05) is 6.42 Å². The molecule has 0 saturated carbocycles. The van der Waals surface area contributed by atoms with Crippen molar-refractivity contribution in [1.82, 2.24) is 5.32 Å². The lowest BCUT2D eigenvalue weighted by molar-refractivity contribution is -0.147. The Bertz CT molecular complexity index is 139. The number of esters is 1. The minimum absolute atomic E-state index is 0.0353. The Labute approximate surface area is 73.5 Å². The molecule has 1 atom stereocenters. The van der Waals surface area contributed by atoms with Gasteiger partial charge in [0.1, 0.15) is 0 Å². The molecule has 0 radical (unpaired) electrons. The van der Waals surface area contributed by atoms with Crippen molar-refractivity contribution in [3.63, 3.8) is 0 Å². The van der Waals surface area contributed by atoms with Gasteiger partial charge in [-0.25, -0.2) is 0 Å². The number of rotatable bonds is 2. The largest absolute Gasteiger partial charge is 0.466 e. The smallest absolute Gasteiger partial charge is 0.310 e. The van der Waals surface area contributed by atoms with Gasteiger partial charge in [0.15, 0.2) is 0 Å². The maximum Gasteiger partial charge on any atom is 0.310 e. The van der Waals surface area contributed by atoms with Crippen molar-refractivity contribution in [3.8, 4) is 0 Å². The number of hydrogen-bond acceptors (Lipinski definition) is 3. The Morgan fingerprint density at radius 3 is 3.17 bits per heavy atom. The summed E-state index contributed by atoms with van der Waals surface area (Å²) in [7, 11) is 0. The second kappa shape index (κ2) is 5.14. The van der Waals surface area contributed by atoms with Gasteiger partial charge < -0.3 is 10.1 Å². The van der Waals surface area contributed by atoms with Crippen molar-refractivity contribution in [2.45, 2.75) is 26.2 Å². The summed E-state index contributed by atoms with van der Waals surface area (Å²) in [5.74, 6) is 0.0550. The molecule has 3 heteroatoms. The van der Waals surface area contributed by atoms with E-state index in [2.05, 4.69) is 5.32 Å². The van der Waals surface area contributed by atoms with Gasteiger partial charge in [0.2, 0.25) is 0 Å². The maximum absolute atomic E-state index is 11.3. The molecule has 1 N–H and O–H groups in total. The fourth-order valence-electron chi connectivity index (χ4n) is 1.48. The van der Waals surface area contributed by atoms with Crippen molar-refractivity contribution >= 4 is 5.97 Å². The highest BCUT2D eigenvalue weighted by atomic mass is 16.5. The topological polar surface area (TPSA) is 38.3 Å². The van der Waals surface area contributed by atoms with Gasteiger partial charge in [0.25, 0.3) is 0 Å². The molecule has 1 rings (SSSR count). The summed E-state index contributed by atoms with van der Waals surface area (Å²) in [5.41, 5.74) is 0. The van der Waals surface area contributed by atoms with Crippen LogP contribution in [0.1, 0.15) is 26.2 Å². The van der Waals surface area contributed by atoms with Crippen LogP contribution in [-0.4, -0.2) is 25.7 Å². The van der Waals surface area contributed by atoms with Crippen LogP contribution in [0.3, 0.4) is 0 Å². The number of hydrogen-bond donors (Lipinski definition) is 1. The third kappa shape index (κ3) is 2.81. The van der Waals surface area contributed by atoms with Gasteiger partial charge in [-0.2, -0.15) is 0 Å². The van der Waals surface area contributed by atoms with Crippen LogP contribution >= 0.6 is 0 Å². The molecule has 0 spiro atoms. The second-order valence-corrected chi connectivity index (χ2v) is 3.15. The molecule has 1 saturated heterocycles. The first-order valence-corrected chi connectivity index (χ1v) is 4.72. The molecule has 0 aliphatic carbocycles. The average molecular weight is 171 g/mol. The van der Waals surface area contributed by atoms with Crippen molar-refractivity contribution in [1.29, 1.82) is 0 Å². The Morgan fingerprint density at radius 2 is 2.42 bits per heavy atom. The van der Waals surface area contributed by atoms with E-state index in [1.165, 1.54) is 6.42 Å². The molecular weight excluding hydrogens is 154 g/mol. The quantitative estimate of drug-likeness (QED) is 0.628. The molecule has 1 aliphatic heterocycles. The Morgan fingerprint density at radius 1 is 1.58 bits per heavy atom. The third-order valence-electron chi connectivity index (χ3n) is 2.17. The molecule has 0 aromatic rings. The van der Waals surface area contributed by atoms with Crippen LogP contribution in [0.25, 0.3) is 0 Å². The molecule has 0 unspecified atom stereocenters. The molecule has 1 fully saturated rings. The van der Waals surface area contributed by atoms with E-state index in [4.69, 9.17) is 4.74 Å². The third-order valence-corrected chi connectivity index (χ3v) is 2.17. The van der Waals surface area contributed by atoms with Gasteiger partial charge in [-0.15, -0.1) is 0 Å². The number of nitrogens with one attached hydrogen (secondary N) is 1. The minimum atomic E-state index is -0.0353. The summed E-state index contributed by atoms with van der Waals surface area (Å²) in [6.07, 6.45) is 3.29. The molecule has 0 aromatic carbocycles. The predicted molar refractivity (Wildman–Crippen MR) is 46.8 cm³/mol. The van der Waals surface area contributed by atoms with E-state index in [0.717, 1.165) is 25.9 Å². The van der Waals surface area contributed by atoms with Crippen molar-refractivity contribution < 1.29 is 9.53 Å². The number of ether oxygens (including phenoxy) is 1. The monoisotopic (exact) mass is 171 g/mol. The molecule has 0 bridgehead atoms. The highest BCUT2D eigenvalue weighted by molar-refractivity contribution is 5.72. The second-order valence-electron chi connectivity index (χ2n) is 3.15. The average Bonchev–Trinajstić information content (AvgIpc) is 2.32. The van der Waals surface area contributed by atoms with Crippen molar-refractivity contribution in [2.75, 3.05) is 19.7 Å². The summed E-state index contributed by atoms with van der Waals surface area (Å²) in [6, 6.07) is 0. The van der Waals surface area contributed by atoms with Gasteiger partial charge in [-0.05, 0) is 26.3 Å². The highest BCUT2D eigenvalue weighted by Crippen LogP contribution is 2.12. The zero-order valence-corrected chi connectivity index (χ0v) is 7.64. The highest BCUT2D eigenvalue weighted by Gasteiger charge is 2.20. The zero-order valence-electron chi connectivity index (χ0n) is 7.64. The van der Waals surface area contributed by atoms with E-state index in [1.54, 1.807) is 0 Å². The summed E-state index contributed by atoms with van der Waals surface area (Å²) < 4.78 is 4.96. The Kier molecular flexibility index (Phi) is 4.08. The molecule has 0 aromatic heterocycles. The fraction of sp³-hybridized carbons (Fsp3) is 0.889.